The number of nitrogens with zero attached hydrogens (tertiary/aromatic N) is 3. The maximum Gasteiger partial charge on any atom is 0.240 e. The molecule has 148 valence electrons. The van der Waals surface area contributed by atoms with Gasteiger partial charge in [-0.3, -0.25) is 14.5 Å². The SMILES string of the molecule is CN(C(=O)CN(CC(=O)N(C)c1ccccc1)C1CCCC1)c1ccccc1. The fraction of sp³-hybridized carbons (Fsp3) is 0.391. The highest BCUT2D eigenvalue weighted by Crippen LogP contribution is 2.24. The normalized spacial score (nSPS) is 14.2. The maximum absolute atomic E-state index is 12.9. The topological polar surface area (TPSA) is 43.9 Å². The fourth-order valence-corrected chi connectivity index (χ4v) is 3.73. The highest BCUT2D eigenvalue weighted by molar-refractivity contribution is 5.96. The van der Waals surface area contributed by atoms with Crippen LogP contribution in [-0.4, -0.2) is 49.9 Å². The predicted octanol–water partition coefficient (Wildman–Crippen LogP) is 3.56. The van der Waals surface area contributed by atoms with Crippen molar-refractivity contribution in [3.63, 3.8) is 0 Å². The lowest BCUT2D eigenvalue weighted by Crippen LogP contribution is -2.47. The van der Waals surface area contributed by atoms with Crippen molar-refractivity contribution in [2.24, 2.45) is 0 Å². The summed E-state index contributed by atoms with van der Waals surface area (Å²) in [5, 5.41) is 0. The van der Waals surface area contributed by atoms with Gasteiger partial charge in [-0.05, 0) is 37.1 Å². The molecular weight excluding hydrogens is 350 g/mol. The Hall–Kier alpha value is -2.66. The van der Waals surface area contributed by atoms with Crippen LogP contribution in [0.25, 0.3) is 0 Å². The summed E-state index contributed by atoms with van der Waals surface area (Å²) in [6.07, 6.45) is 4.41. The molecule has 0 unspecified atom stereocenters. The van der Waals surface area contributed by atoms with E-state index in [-0.39, 0.29) is 24.9 Å². The molecule has 3 rings (SSSR count). The molecule has 2 amide bonds. The van der Waals surface area contributed by atoms with Crippen LogP contribution in [-0.2, 0) is 9.59 Å². The molecule has 1 fully saturated rings. The Morgan fingerprint density at radius 1 is 0.750 bits per heavy atom. The van der Waals surface area contributed by atoms with Gasteiger partial charge in [-0.15, -0.1) is 0 Å². The number of likely N-dealkylation sites (N-methyl/N-ethyl adjacent to an activating group) is 2. The molecule has 1 saturated carbocycles. The number of anilines is 2. The minimum atomic E-state index is 0.00765. The Balaban J connectivity index is 1.69. The van der Waals surface area contributed by atoms with Crippen LogP contribution in [0, 0.1) is 0 Å². The largest absolute Gasteiger partial charge is 0.314 e. The molecule has 0 spiro atoms. The first-order valence-electron chi connectivity index (χ1n) is 9.93. The van der Waals surface area contributed by atoms with E-state index in [2.05, 4.69) is 4.90 Å². The lowest BCUT2D eigenvalue weighted by Gasteiger charge is -2.31. The predicted molar refractivity (Wildman–Crippen MR) is 114 cm³/mol. The average molecular weight is 380 g/mol. The second kappa shape index (κ2) is 9.51. The molecule has 28 heavy (non-hydrogen) atoms. The Bertz CT molecular complexity index is 713. The molecule has 0 atom stereocenters. The van der Waals surface area contributed by atoms with E-state index in [0.717, 1.165) is 37.1 Å². The van der Waals surface area contributed by atoms with Gasteiger partial charge in [-0.2, -0.15) is 0 Å². The summed E-state index contributed by atoms with van der Waals surface area (Å²) in [6.45, 7) is 0.509. The molecule has 0 bridgehead atoms. The number of hydrogen-bond acceptors (Lipinski definition) is 3. The van der Waals surface area contributed by atoms with Gasteiger partial charge in [0.25, 0.3) is 0 Å². The molecule has 0 radical (unpaired) electrons. The molecule has 2 aromatic carbocycles. The molecular formula is C23H29N3O2. The number of amides is 2. The maximum atomic E-state index is 12.9. The van der Waals surface area contributed by atoms with E-state index in [0.29, 0.717) is 6.04 Å². The molecule has 1 aliphatic carbocycles. The molecule has 1 aliphatic rings. The van der Waals surface area contributed by atoms with Crippen LogP contribution >= 0.6 is 0 Å². The zero-order valence-electron chi connectivity index (χ0n) is 16.8. The third kappa shape index (κ3) is 4.98. The lowest BCUT2D eigenvalue weighted by atomic mass is 10.2. The Labute approximate surface area is 167 Å². The Morgan fingerprint density at radius 2 is 1.14 bits per heavy atom. The van der Waals surface area contributed by atoms with E-state index >= 15 is 0 Å². The first-order chi connectivity index (χ1) is 13.6. The second-order valence-electron chi connectivity index (χ2n) is 7.42. The fourth-order valence-electron chi connectivity index (χ4n) is 3.73. The van der Waals surface area contributed by atoms with E-state index in [4.69, 9.17) is 0 Å². The quantitative estimate of drug-likeness (QED) is 0.739. The minimum absolute atomic E-state index is 0.00765. The summed E-state index contributed by atoms with van der Waals surface area (Å²) < 4.78 is 0. The van der Waals surface area contributed by atoms with Crippen LogP contribution in [0.5, 0.6) is 0 Å². The summed E-state index contributed by atoms with van der Waals surface area (Å²) in [7, 11) is 3.59. The summed E-state index contributed by atoms with van der Waals surface area (Å²) >= 11 is 0. The van der Waals surface area contributed by atoms with Gasteiger partial charge in [0.15, 0.2) is 0 Å². The van der Waals surface area contributed by atoms with Gasteiger partial charge in [0.1, 0.15) is 0 Å². The average Bonchev–Trinajstić information content (AvgIpc) is 3.28. The van der Waals surface area contributed by atoms with Gasteiger partial charge >= 0.3 is 0 Å². The Morgan fingerprint density at radius 3 is 1.54 bits per heavy atom. The number of rotatable bonds is 7. The van der Waals surface area contributed by atoms with Gasteiger partial charge < -0.3 is 9.80 Å². The van der Waals surface area contributed by atoms with Gasteiger partial charge in [0.2, 0.25) is 11.8 Å². The summed E-state index contributed by atoms with van der Waals surface area (Å²) in [5.41, 5.74) is 1.73. The van der Waals surface area contributed by atoms with Gasteiger partial charge in [0, 0.05) is 31.5 Å². The van der Waals surface area contributed by atoms with Crippen LogP contribution in [0.4, 0.5) is 11.4 Å². The highest BCUT2D eigenvalue weighted by atomic mass is 16.2. The lowest BCUT2D eigenvalue weighted by molar-refractivity contribution is -0.123. The molecule has 5 heteroatoms. The number of hydrogen-bond donors (Lipinski definition) is 0. The number of benzene rings is 2. The third-order valence-electron chi connectivity index (χ3n) is 5.55. The third-order valence-corrected chi connectivity index (χ3v) is 5.55. The number of carbonyl (C=O) groups is 2. The molecule has 2 aromatic rings. The zero-order chi connectivity index (χ0) is 19.9. The van der Waals surface area contributed by atoms with Crippen molar-refractivity contribution >= 4 is 23.2 Å². The van der Waals surface area contributed by atoms with Crippen LogP contribution in [0.3, 0.4) is 0 Å². The molecule has 0 saturated heterocycles. The molecule has 0 aromatic heterocycles. The van der Waals surface area contributed by atoms with Crippen molar-refractivity contribution in [1.29, 1.82) is 0 Å². The van der Waals surface area contributed by atoms with Crippen molar-refractivity contribution in [2.75, 3.05) is 37.0 Å². The van der Waals surface area contributed by atoms with E-state index in [1.165, 1.54) is 0 Å². The van der Waals surface area contributed by atoms with Crippen LogP contribution in [0.1, 0.15) is 25.7 Å². The van der Waals surface area contributed by atoms with Crippen molar-refractivity contribution in [3.05, 3.63) is 60.7 Å². The van der Waals surface area contributed by atoms with Crippen molar-refractivity contribution in [3.8, 4) is 0 Å². The minimum Gasteiger partial charge on any atom is -0.314 e. The van der Waals surface area contributed by atoms with E-state index in [9.17, 15) is 9.59 Å². The molecule has 0 heterocycles. The summed E-state index contributed by atoms with van der Waals surface area (Å²) in [4.78, 5) is 31.2. The standard InChI is InChI=1S/C23H29N3O2/c1-24(19-11-5-3-6-12-19)22(27)17-26(21-15-9-10-16-21)18-23(28)25(2)20-13-7-4-8-14-20/h3-8,11-14,21H,9-10,15-18H2,1-2H3. The van der Waals surface area contributed by atoms with E-state index in [1.54, 1.807) is 23.9 Å². The summed E-state index contributed by atoms with van der Waals surface area (Å²) in [5.74, 6) is 0.0153. The first kappa shape index (κ1) is 20.1. The van der Waals surface area contributed by atoms with E-state index in [1.807, 2.05) is 60.7 Å². The first-order valence-corrected chi connectivity index (χ1v) is 9.93. The van der Waals surface area contributed by atoms with Crippen LogP contribution in [0.2, 0.25) is 0 Å². The molecule has 5 nitrogen and oxygen atoms in total. The molecule has 0 aliphatic heterocycles. The summed E-state index contributed by atoms with van der Waals surface area (Å²) in [6, 6.07) is 19.5. The molecule has 0 N–H and O–H groups in total. The smallest absolute Gasteiger partial charge is 0.240 e. The van der Waals surface area contributed by atoms with E-state index < -0.39 is 0 Å². The van der Waals surface area contributed by atoms with Gasteiger partial charge in [0.05, 0.1) is 13.1 Å². The monoisotopic (exact) mass is 379 g/mol. The number of carbonyl (C=O) groups excluding carboxylic acids is 2. The highest BCUT2D eigenvalue weighted by Gasteiger charge is 2.28. The zero-order valence-corrected chi connectivity index (χ0v) is 16.8. The van der Waals surface area contributed by atoms with Crippen LogP contribution in [0.15, 0.2) is 60.7 Å². The van der Waals surface area contributed by atoms with Gasteiger partial charge in [-0.1, -0.05) is 49.2 Å². The second-order valence-corrected chi connectivity index (χ2v) is 7.42. The Kier molecular flexibility index (Phi) is 6.82. The number of para-hydroxylation sites is 2. The van der Waals surface area contributed by atoms with Crippen molar-refractivity contribution in [1.82, 2.24) is 4.90 Å². The van der Waals surface area contributed by atoms with Crippen molar-refractivity contribution in [2.45, 2.75) is 31.7 Å². The van der Waals surface area contributed by atoms with Crippen molar-refractivity contribution < 1.29 is 9.59 Å². The van der Waals surface area contributed by atoms with Gasteiger partial charge in [-0.25, -0.2) is 0 Å². The van der Waals surface area contributed by atoms with Crippen LogP contribution < -0.4 is 9.80 Å².